The number of hydrogen-bond acceptors (Lipinski definition) is 3. The highest BCUT2D eigenvalue weighted by Gasteiger charge is 2.36. The van der Waals surface area contributed by atoms with Crippen LogP contribution in [0.25, 0.3) is 0 Å². The van der Waals surface area contributed by atoms with E-state index in [1.807, 2.05) is 0 Å². The summed E-state index contributed by atoms with van der Waals surface area (Å²) in [6.07, 6.45) is 16.8. The largest absolute Gasteiger partial charge is 0.462 e. The Morgan fingerprint density at radius 3 is 1.92 bits per heavy atom. The Balaban J connectivity index is 2.06. The highest BCUT2D eigenvalue weighted by atomic mass is 16.5. The number of cyclic esters (lactones) is 1. The molecule has 0 amide bonds. The summed E-state index contributed by atoms with van der Waals surface area (Å²) in [5.74, 6) is -0.443. The van der Waals surface area contributed by atoms with Gasteiger partial charge in [-0.2, -0.15) is 0 Å². The highest BCUT2D eigenvalue weighted by Crippen LogP contribution is 2.28. The molecule has 24 heavy (non-hydrogen) atoms. The number of hydrogen-bond donors (Lipinski definition) is 1. The maximum absolute atomic E-state index is 12.1. The first-order valence-electron chi connectivity index (χ1n) is 10.6. The lowest BCUT2D eigenvalue weighted by Crippen LogP contribution is -2.41. The molecule has 0 aromatic rings. The number of carbonyl (C=O) groups excluding carboxylic acids is 1. The normalized spacial score (nSPS) is 24.1. The lowest BCUT2D eigenvalue weighted by Gasteiger charge is -2.32. The van der Waals surface area contributed by atoms with Crippen LogP contribution in [0.5, 0.6) is 0 Å². The third kappa shape index (κ3) is 9.05. The van der Waals surface area contributed by atoms with Crippen LogP contribution in [0.1, 0.15) is 110 Å². The number of unbranched alkanes of at least 4 members (excludes halogenated alkanes) is 10. The van der Waals surface area contributed by atoms with Crippen molar-refractivity contribution in [2.24, 2.45) is 5.92 Å². The van der Waals surface area contributed by atoms with Gasteiger partial charge in [-0.25, -0.2) is 0 Å². The van der Waals surface area contributed by atoms with Crippen LogP contribution in [0.4, 0.5) is 0 Å². The second kappa shape index (κ2) is 13.7. The van der Waals surface area contributed by atoms with Crippen LogP contribution >= 0.6 is 0 Å². The molecular weight excluding hydrogens is 300 g/mol. The Bertz CT molecular complexity index is 316. The Morgan fingerprint density at radius 2 is 1.33 bits per heavy atom. The van der Waals surface area contributed by atoms with Crippen LogP contribution in [-0.2, 0) is 9.53 Å². The van der Waals surface area contributed by atoms with Gasteiger partial charge in [0, 0.05) is 6.42 Å². The van der Waals surface area contributed by atoms with E-state index < -0.39 is 6.10 Å². The first-order chi connectivity index (χ1) is 11.7. The smallest absolute Gasteiger partial charge is 0.311 e. The van der Waals surface area contributed by atoms with Gasteiger partial charge in [0.25, 0.3) is 0 Å². The summed E-state index contributed by atoms with van der Waals surface area (Å²) in [7, 11) is 0. The number of aliphatic hydroxyl groups is 1. The van der Waals surface area contributed by atoms with E-state index in [1.54, 1.807) is 0 Å². The average Bonchev–Trinajstić information content (AvgIpc) is 2.56. The Labute approximate surface area is 149 Å². The van der Waals surface area contributed by atoms with E-state index in [9.17, 15) is 9.90 Å². The third-order valence-corrected chi connectivity index (χ3v) is 5.30. The van der Waals surface area contributed by atoms with Gasteiger partial charge in [-0.15, -0.1) is 0 Å². The van der Waals surface area contributed by atoms with Crippen LogP contribution in [-0.4, -0.2) is 23.3 Å². The maximum Gasteiger partial charge on any atom is 0.311 e. The van der Waals surface area contributed by atoms with Crippen molar-refractivity contribution in [3.63, 3.8) is 0 Å². The molecule has 1 rings (SSSR count). The summed E-state index contributed by atoms with van der Waals surface area (Å²) in [6.45, 7) is 4.40. The molecule has 0 radical (unpaired) electrons. The van der Waals surface area contributed by atoms with Gasteiger partial charge in [-0.05, 0) is 19.3 Å². The zero-order valence-corrected chi connectivity index (χ0v) is 16.1. The van der Waals surface area contributed by atoms with Crippen molar-refractivity contribution in [1.82, 2.24) is 0 Å². The molecule has 0 unspecified atom stereocenters. The molecule has 0 saturated carbocycles. The maximum atomic E-state index is 12.1. The summed E-state index contributed by atoms with van der Waals surface area (Å²) in [5.41, 5.74) is 0. The van der Waals surface area contributed by atoms with Gasteiger partial charge in [0.1, 0.15) is 6.10 Å². The first kappa shape index (κ1) is 21.5. The van der Waals surface area contributed by atoms with Crippen LogP contribution in [0.15, 0.2) is 0 Å². The molecule has 3 nitrogen and oxygen atoms in total. The van der Waals surface area contributed by atoms with Crippen molar-refractivity contribution >= 4 is 5.97 Å². The Hall–Kier alpha value is -0.570. The minimum Gasteiger partial charge on any atom is -0.462 e. The summed E-state index contributed by atoms with van der Waals surface area (Å²) >= 11 is 0. The van der Waals surface area contributed by atoms with Crippen molar-refractivity contribution in [3.05, 3.63) is 0 Å². The molecule has 0 aromatic carbocycles. The summed E-state index contributed by atoms with van der Waals surface area (Å²) in [6, 6.07) is 0. The minimum atomic E-state index is -0.494. The first-order valence-corrected chi connectivity index (χ1v) is 10.6. The zero-order chi connectivity index (χ0) is 17.6. The van der Waals surface area contributed by atoms with Gasteiger partial charge in [-0.3, -0.25) is 4.79 Å². The second-order valence-corrected chi connectivity index (χ2v) is 7.58. The number of esters is 1. The third-order valence-electron chi connectivity index (χ3n) is 5.30. The molecule has 1 N–H and O–H groups in total. The summed E-state index contributed by atoms with van der Waals surface area (Å²) in [5, 5.41) is 10.3. The van der Waals surface area contributed by atoms with E-state index in [2.05, 4.69) is 13.8 Å². The SMILES string of the molecule is CCCCCCCCCCC[C@@H]1C[C@H](O)[C@H](CCCCC)C(=O)O1. The fourth-order valence-electron chi connectivity index (χ4n) is 3.67. The molecule has 1 aliphatic heterocycles. The molecule has 1 aliphatic rings. The Morgan fingerprint density at radius 1 is 0.833 bits per heavy atom. The standard InChI is InChI=1S/C21H40O3/c1-3-5-7-8-9-10-11-12-14-15-18-17-20(22)19(21(23)24-18)16-13-6-4-2/h18-20,22H,3-17H2,1-2H3/t18-,19+,20+/m1/s1. The van der Waals surface area contributed by atoms with Crippen LogP contribution in [0, 0.1) is 5.92 Å². The lowest BCUT2D eigenvalue weighted by atomic mass is 9.88. The minimum absolute atomic E-state index is 0.0560. The quantitative estimate of drug-likeness (QED) is 0.322. The molecule has 1 heterocycles. The Kier molecular flexibility index (Phi) is 12.2. The van der Waals surface area contributed by atoms with Crippen LogP contribution < -0.4 is 0 Å². The summed E-state index contributed by atoms with van der Waals surface area (Å²) < 4.78 is 5.57. The molecule has 0 spiro atoms. The van der Waals surface area contributed by atoms with Crippen molar-refractivity contribution in [2.45, 2.75) is 122 Å². The summed E-state index contributed by atoms with van der Waals surface area (Å²) in [4.78, 5) is 12.1. The number of aliphatic hydroxyl groups excluding tert-OH is 1. The number of ether oxygens (including phenoxy) is 1. The number of carbonyl (C=O) groups is 1. The van der Waals surface area contributed by atoms with Gasteiger partial charge >= 0.3 is 5.97 Å². The monoisotopic (exact) mass is 340 g/mol. The fraction of sp³-hybridized carbons (Fsp3) is 0.952. The van der Waals surface area contributed by atoms with E-state index in [0.29, 0.717) is 6.42 Å². The van der Waals surface area contributed by atoms with E-state index in [0.717, 1.165) is 38.5 Å². The van der Waals surface area contributed by atoms with Gasteiger partial charge in [0.2, 0.25) is 0 Å². The van der Waals surface area contributed by atoms with E-state index in [4.69, 9.17) is 4.74 Å². The molecule has 0 bridgehead atoms. The van der Waals surface area contributed by atoms with Gasteiger partial charge < -0.3 is 9.84 Å². The van der Waals surface area contributed by atoms with E-state index in [-0.39, 0.29) is 18.0 Å². The van der Waals surface area contributed by atoms with Gasteiger partial charge in [0.15, 0.2) is 0 Å². The van der Waals surface area contributed by atoms with Crippen molar-refractivity contribution in [2.75, 3.05) is 0 Å². The van der Waals surface area contributed by atoms with Crippen LogP contribution in [0.2, 0.25) is 0 Å². The molecule has 3 atom stereocenters. The zero-order valence-electron chi connectivity index (χ0n) is 16.1. The molecule has 0 aliphatic carbocycles. The lowest BCUT2D eigenvalue weighted by molar-refractivity contribution is -0.170. The predicted molar refractivity (Wildman–Crippen MR) is 100.0 cm³/mol. The van der Waals surface area contributed by atoms with Crippen LogP contribution in [0.3, 0.4) is 0 Å². The molecule has 142 valence electrons. The molecule has 0 aromatic heterocycles. The molecule has 1 fully saturated rings. The van der Waals surface area contributed by atoms with Crippen molar-refractivity contribution in [3.8, 4) is 0 Å². The molecular formula is C21H40O3. The second-order valence-electron chi connectivity index (χ2n) is 7.58. The number of rotatable bonds is 14. The van der Waals surface area contributed by atoms with Crippen molar-refractivity contribution < 1.29 is 14.6 Å². The van der Waals surface area contributed by atoms with Gasteiger partial charge in [-0.1, -0.05) is 84.5 Å². The average molecular weight is 341 g/mol. The van der Waals surface area contributed by atoms with Gasteiger partial charge in [0.05, 0.1) is 12.0 Å². The van der Waals surface area contributed by atoms with E-state index in [1.165, 1.54) is 51.4 Å². The van der Waals surface area contributed by atoms with E-state index >= 15 is 0 Å². The van der Waals surface area contributed by atoms with Crippen molar-refractivity contribution in [1.29, 1.82) is 0 Å². The molecule has 1 saturated heterocycles. The topological polar surface area (TPSA) is 46.5 Å². The molecule has 3 heteroatoms. The highest BCUT2D eigenvalue weighted by molar-refractivity contribution is 5.74. The fourth-order valence-corrected chi connectivity index (χ4v) is 3.67. The predicted octanol–water partition coefficient (Wildman–Crippen LogP) is 5.78.